The maximum atomic E-state index is 2.47. The van der Waals surface area contributed by atoms with Gasteiger partial charge in [0.1, 0.15) is 15.9 Å². The van der Waals surface area contributed by atoms with E-state index in [-0.39, 0.29) is 0 Å². The third-order valence-electron chi connectivity index (χ3n) is 5.75. The minimum Gasteiger partial charge on any atom is -0.172 e. The van der Waals surface area contributed by atoms with E-state index in [0.717, 1.165) is 19.3 Å². The van der Waals surface area contributed by atoms with Crippen molar-refractivity contribution in [2.45, 2.75) is 40.0 Å². The van der Waals surface area contributed by atoms with E-state index in [2.05, 4.69) is 112 Å². The van der Waals surface area contributed by atoms with Gasteiger partial charge in [-0.2, -0.15) is 4.67 Å². The van der Waals surface area contributed by atoms with Crippen molar-refractivity contribution in [1.82, 2.24) is 4.67 Å². The SMILES string of the molecule is CCc1ccc([P+](c2ccc(CC)cc2)(c2ccc(CC)cc2)N(C)C)cc1. The molecule has 3 aromatic rings. The van der Waals surface area contributed by atoms with E-state index in [1.165, 1.54) is 32.6 Å². The molecule has 1 nitrogen and oxygen atoms in total. The van der Waals surface area contributed by atoms with Gasteiger partial charge in [0.2, 0.25) is 0 Å². The summed E-state index contributed by atoms with van der Waals surface area (Å²) in [6.45, 7) is 6.66. The van der Waals surface area contributed by atoms with Gasteiger partial charge >= 0.3 is 0 Å². The Kier molecular flexibility index (Phi) is 6.70. The standard InChI is InChI=1S/C26H33NP/c1-6-21-9-15-24(16-10-21)28(27(4)5,25-17-11-22(7-2)12-18-25)26-19-13-23(8-3)14-20-26/h9-20H,6-8H2,1-5H3/q+1. The molecule has 0 spiro atoms. The molecule has 0 heterocycles. The summed E-state index contributed by atoms with van der Waals surface area (Å²) in [5.74, 6) is 0. The van der Waals surface area contributed by atoms with Gasteiger partial charge in [-0.05, 0) is 72.4 Å². The molecule has 0 saturated heterocycles. The predicted octanol–water partition coefficient (Wildman–Crippen LogP) is 5.14. The van der Waals surface area contributed by atoms with Crippen LogP contribution >= 0.6 is 7.41 Å². The highest BCUT2D eigenvalue weighted by Crippen LogP contribution is 2.57. The van der Waals surface area contributed by atoms with Crippen LogP contribution in [0.1, 0.15) is 37.5 Å². The van der Waals surface area contributed by atoms with E-state index in [4.69, 9.17) is 0 Å². The lowest BCUT2D eigenvalue weighted by atomic mass is 10.2. The van der Waals surface area contributed by atoms with Gasteiger partial charge in [0, 0.05) is 14.1 Å². The molecule has 0 saturated carbocycles. The fraction of sp³-hybridized carbons (Fsp3) is 0.308. The Balaban J connectivity index is 2.27. The summed E-state index contributed by atoms with van der Waals surface area (Å²) in [5, 5.41) is 4.26. The number of aryl methyl sites for hydroxylation is 3. The van der Waals surface area contributed by atoms with Gasteiger partial charge in [-0.1, -0.05) is 57.2 Å². The summed E-state index contributed by atoms with van der Waals surface area (Å²) in [7, 11) is 2.60. The summed E-state index contributed by atoms with van der Waals surface area (Å²) in [5.41, 5.74) is 4.18. The van der Waals surface area contributed by atoms with E-state index in [0.29, 0.717) is 0 Å². The molecule has 0 N–H and O–H groups in total. The highest BCUT2D eigenvalue weighted by atomic mass is 31.2. The molecule has 0 fully saturated rings. The first-order valence-electron chi connectivity index (χ1n) is 10.4. The molecule has 0 amide bonds. The van der Waals surface area contributed by atoms with E-state index in [1.807, 2.05) is 0 Å². The van der Waals surface area contributed by atoms with Crippen LogP contribution in [0.3, 0.4) is 0 Å². The molecule has 146 valence electrons. The summed E-state index contributed by atoms with van der Waals surface area (Å²) in [6, 6.07) is 27.9. The fourth-order valence-electron chi connectivity index (χ4n) is 3.98. The van der Waals surface area contributed by atoms with E-state index in [9.17, 15) is 0 Å². The first-order chi connectivity index (χ1) is 13.6. The highest BCUT2D eigenvalue weighted by molar-refractivity contribution is 7.93. The normalized spacial score (nSPS) is 11.8. The quantitative estimate of drug-likeness (QED) is 0.505. The van der Waals surface area contributed by atoms with Crippen LogP contribution in [-0.2, 0) is 19.3 Å². The van der Waals surface area contributed by atoms with Crippen molar-refractivity contribution in [2.75, 3.05) is 14.1 Å². The average Bonchev–Trinajstić information content (AvgIpc) is 2.75. The largest absolute Gasteiger partial charge is 0.180 e. The topological polar surface area (TPSA) is 3.24 Å². The van der Waals surface area contributed by atoms with Crippen LogP contribution in [0.4, 0.5) is 0 Å². The molecule has 0 atom stereocenters. The second-order valence-corrected chi connectivity index (χ2v) is 11.2. The number of hydrogen-bond donors (Lipinski definition) is 0. The lowest BCUT2D eigenvalue weighted by molar-refractivity contribution is 0.681. The average molecular weight is 391 g/mol. The molecular weight excluding hydrogens is 357 g/mol. The van der Waals surface area contributed by atoms with Crippen molar-refractivity contribution in [3.05, 3.63) is 89.5 Å². The van der Waals surface area contributed by atoms with Crippen LogP contribution in [0.2, 0.25) is 0 Å². The van der Waals surface area contributed by atoms with Crippen LogP contribution < -0.4 is 15.9 Å². The predicted molar refractivity (Wildman–Crippen MR) is 127 cm³/mol. The van der Waals surface area contributed by atoms with E-state index in [1.54, 1.807) is 0 Å². The zero-order chi connectivity index (χ0) is 20.1. The molecule has 28 heavy (non-hydrogen) atoms. The third kappa shape index (κ3) is 3.79. The smallest absolute Gasteiger partial charge is 0.172 e. The Bertz CT molecular complexity index is 762. The van der Waals surface area contributed by atoms with Crippen LogP contribution in [0.5, 0.6) is 0 Å². The number of rotatable bonds is 7. The monoisotopic (exact) mass is 390 g/mol. The fourth-order valence-corrected chi connectivity index (χ4v) is 8.00. The second kappa shape index (κ2) is 9.03. The Labute approximate surface area is 171 Å². The van der Waals surface area contributed by atoms with Crippen molar-refractivity contribution in [1.29, 1.82) is 0 Å². The molecule has 3 rings (SSSR count). The highest BCUT2D eigenvalue weighted by Gasteiger charge is 2.48. The van der Waals surface area contributed by atoms with Crippen molar-refractivity contribution >= 4 is 23.3 Å². The first-order valence-corrected chi connectivity index (χ1v) is 12.2. The van der Waals surface area contributed by atoms with Gasteiger partial charge in [0.15, 0.2) is 7.41 Å². The Morgan fingerprint density at radius 1 is 0.500 bits per heavy atom. The molecule has 0 aliphatic carbocycles. The van der Waals surface area contributed by atoms with Gasteiger partial charge in [0.05, 0.1) is 0 Å². The molecule has 0 aromatic heterocycles. The lowest BCUT2D eigenvalue weighted by Gasteiger charge is -2.32. The van der Waals surface area contributed by atoms with Crippen molar-refractivity contribution in [3.63, 3.8) is 0 Å². The Hall–Kier alpha value is -1.95. The van der Waals surface area contributed by atoms with Crippen LogP contribution in [0.25, 0.3) is 0 Å². The maximum absolute atomic E-state index is 2.47. The summed E-state index contributed by atoms with van der Waals surface area (Å²) in [6.07, 6.45) is 3.22. The minimum atomic E-state index is -1.88. The molecular formula is C26H33NP+. The Morgan fingerprint density at radius 2 is 0.750 bits per heavy atom. The molecule has 0 radical (unpaired) electrons. The molecule has 0 aliphatic heterocycles. The molecule has 0 aliphatic rings. The summed E-state index contributed by atoms with van der Waals surface area (Å²) in [4.78, 5) is 0. The number of benzene rings is 3. The van der Waals surface area contributed by atoms with Crippen LogP contribution in [0, 0.1) is 0 Å². The molecule has 3 aromatic carbocycles. The van der Waals surface area contributed by atoms with Gasteiger partial charge in [-0.25, -0.2) is 0 Å². The lowest BCUT2D eigenvalue weighted by Crippen LogP contribution is -2.40. The summed E-state index contributed by atoms with van der Waals surface area (Å²) >= 11 is 0. The first kappa shape index (κ1) is 20.8. The van der Waals surface area contributed by atoms with Gasteiger partial charge in [-0.15, -0.1) is 0 Å². The number of hydrogen-bond acceptors (Lipinski definition) is 1. The van der Waals surface area contributed by atoms with Gasteiger partial charge in [0.25, 0.3) is 0 Å². The maximum Gasteiger partial charge on any atom is 0.180 e. The minimum absolute atomic E-state index is 1.07. The zero-order valence-corrected chi connectivity index (χ0v) is 18.8. The van der Waals surface area contributed by atoms with Crippen molar-refractivity contribution in [2.24, 2.45) is 0 Å². The van der Waals surface area contributed by atoms with Crippen LogP contribution in [-0.4, -0.2) is 18.8 Å². The Morgan fingerprint density at radius 3 is 0.929 bits per heavy atom. The van der Waals surface area contributed by atoms with E-state index >= 15 is 0 Å². The number of nitrogens with zero attached hydrogens (tertiary/aromatic N) is 1. The molecule has 0 bridgehead atoms. The van der Waals surface area contributed by atoms with Crippen LogP contribution in [0.15, 0.2) is 72.8 Å². The van der Waals surface area contributed by atoms with Gasteiger partial charge in [-0.3, -0.25) is 0 Å². The van der Waals surface area contributed by atoms with Crippen molar-refractivity contribution in [3.8, 4) is 0 Å². The van der Waals surface area contributed by atoms with Gasteiger partial charge < -0.3 is 0 Å². The van der Waals surface area contributed by atoms with Crippen molar-refractivity contribution < 1.29 is 0 Å². The second-order valence-electron chi connectivity index (χ2n) is 7.54. The third-order valence-corrected chi connectivity index (χ3v) is 10.1. The molecule has 2 heteroatoms. The zero-order valence-electron chi connectivity index (χ0n) is 17.9. The molecule has 0 unspecified atom stereocenters. The summed E-state index contributed by atoms with van der Waals surface area (Å²) < 4.78 is 2.47. The van der Waals surface area contributed by atoms with E-state index < -0.39 is 7.41 Å².